The number of rotatable bonds is 5. The van der Waals surface area contributed by atoms with Crippen molar-refractivity contribution in [1.82, 2.24) is 25.0 Å². The molecule has 3 aromatic heterocycles. The fraction of sp³-hybridized carbons (Fsp3) is 0.111. The minimum atomic E-state index is -2.83. The summed E-state index contributed by atoms with van der Waals surface area (Å²) in [5.74, 6) is -0.601. The topological polar surface area (TPSA) is 69.6 Å². The van der Waals surface area contributed by atoms with Crippen molar-refractivity contribution in [3.05, 3.63) is 77.8 Å². The second-order valence-corrected chi connectivity index (χ2v) is 5.69. The van der Waals surface area contributed by atoms with E-state index in [0.29, 0.717) is 17.8 Å². The van der Waals surface area contributed by atoms with Crippen LogP contribution in [-0.2, 0) is 6.42 Å². The third-order valence-corrected chi connectivity index (χ3v) is 3.86. The number of benzene rings is 1. The summed E-state index contributed by atoms with van der Waals surface area (Å²) in [5.41, 5.74) is 2.18. The average molecular weight is 371 g/mol. The minimum Gasteiger partial charge on any atom is -0.415 e. The van der Waals surface area contributed by atoms with E-state index in [9.17, 15) is 13.2 Å². The predicted octanol–water partition coefficient (Wildman–Crippen LogP) is 3.98. The Morgan fingerprint density at radius 1 is 1.00 bits per heavy atom. The Bertz CT molecular complexity index is 1060. The maximum Gasteiger partial charge on any atom is 0.314 e. The molecule has 0 atom stereocenters. The Morgan fingerprint density at radius 2 is 1.81 bits per heavy atom. The van der Waals surface area contributed by atoms with Crippen molar-refractivity contribution in [2.24, 2.45) is 0 Å². The number of aromatic nitrogens is 5. The molecule has 4 aromatic rings. The summed E-state index contributed by atoms with van der Waals surface area (Å²) in [6, 6.07) is 11.2. The van der Waals surface area contributed by atoms with Gasteiger partial charge in [0.1, 0.15) is 5.82 Å². The molecule has 0 unspecified atom stereocenters. The molecule has 9 heteroatoms. The minimum absolute atomic E-state index is 0.0267. The van der Waals surface area contributed by atoms with Crippen LogP contribution in [0.15, 0.2) is 59.3 Å². The molecule has 136 valence electrons. The number of alkyl halides is 2. The maximum absolute atomic E-state index is 13.1. The lowest BCUT2D eigenvalue weighted by Crippen LogP contribution is -2.05. The molecular formula is C18H12F3N5O. The van der Waals surface area contributed by atoms with Gasteiger partial charge in [-0.3, -0.25) is 0 Å². The van der Waals surface area contributed by atoms with Crippen molar-refractivity contribution in [2.75, 3.05) is 0 Å². The molecule has 0 N–H and O–H groups in total. The Balaban J connectivity index is 1.64. The molecule has 0 saturated carbocycles. The molecule has 0 saturated heterocycles. The van der Waals surface area contributed by atoms with Gasteiger partial charge in [-0.2, -0.15) is 13.9 Å². The van der Waals surface area contributed by atoms with Gasteiger partial charge >= 0.3 is 6.43 Å². The molecule has 4 rings (SSSR count). The van der Waals surface area contributed by atoms with Gasteiger partial charge in [0.15, 0.2) is 5.82 Å². The Labute approximate surface area is 151 Å². The Morgan fingerprint density at radius 3 is 2.56 bits per heavy atom. The van der Waals surface area contributed by atoms with Crippen LogP contribution in [0.2, 0.25) is 0 Å². The largest absolute Gasteiger partial charge is 0.415 e. The third kappa shape index (κ3) is 3.57. The molecule has 3 heterocycles. The van der Waals surface area contributed by atoms with Crippen molar-refractivity contribution in [1.29, 1.82) is 0 Å². The quantitative estimate of drug-likeness (QED) is 0.531. The highest BCUT2D eigenvalue weighted by molar-refractivity contribution is 5.55. The van der Waals surface area contributed by atoms with E-state index in [1.807, 2.05) is 6.07 Å². The van der Waals surface area contributed by atoms with Gasteiger partial charge in [-0.1, -0.05) is 12.1 Å². The van der Waals surface area contributed by atoms with Crippen LogP contribution in [0.5, 0.6) is 0 Å². The standard InChI is InChI=1S/C18H12F3N5O/c19-13-3-1-11(2-4-13)9-14-6-8-23-26(14)15-10-12(5-7-22-15)17-24-25-18(27-17)16(20)21/h1-8,10,16H,9H2. The van der Waals surface area contributed by atoms with Gasteiger partial charge in [0, 0.05) is 24.4 Å². The Hall–Kier alpha value is -3.49. The van der Waals surface area contributed by atoms with Gasteiger partial charge in [-0.25, -0.2) is 14.1 Å². The lowest BCUT2D eigenvalue weighted by molar-refractivity contribution is 0.116. The number of pyridine rings is 1. The van der Waals surface area contributed by atoms with E-state index < -0.39 is 12.3 Å². The van der Waals surface area contributed by atoms with Crippen molar-refractivity contribution in [2.45, 2.75) is 12.8 Å². The van der Waals surface area contributed by atoms with Crippen LogP contribution in [0.3, 0.4) is 0 Å². The van der Waals surface area contributed by atoms with Crippen LogP contribution in [0, 0.1) is 5.82 Å². The molecule has 0 spiro atoms. The van der Waals surface area contributed by atoms with E-state index in [1.165, 1.54) is 18.3 Å². The predicted molar refractivity (Wildman–Crippen MR) is 88.8 cm³/mol. The lowest BCUT2D eigenvalue weighted by Gasteiger charge is -2.07. The highest BCUT2D eigenvalue weighted by atomic mass is 19.3. The number of nitrogens with zero attached hydrogens (tertiary/aromatic N) is 5. The molecule has 0 amide bonds. The van der Waals surface area contributed by atoms with Gasteiger partial charge in [0.05, 0.1) is 5.69 Å². The lowest BCUT2D eigenvalue weighted by atomic mass is 10.1. The van der Waals surface area contributed by atoms with Crippen LogP contribution in [0.4, 0.5) is 13.2 Å². The summed E-state index contributed by atoms with van der Waals surface area (Å²) in [6.07, 6.45) is 0.804. The number of hydrogen-bond donors (Lipinski definition) is 0. The fourth-order valence-electron chi connectivity index (χ4n) is 2.59. The smallest absolute Gasteiger partial charge is 0.314 e. The van der Waals surface area contributed by atoms with Crippen LogP contribution in [-0.4, -0.2) is 25.0 Å². The molecule has 6 nitrogen and oxygen atoms in total. The second-order valence-electron chi connectivity index (χ2n) is 5.69. The van der Waals surface area contributed by atoms with E-state index >= 15 is 0 Å². The summed E-state index contributed by atoms with van der Waals surface area (Å²) in [5, 5.41) is 11.2. The zero-order valence-corrected chi connectivity index (χ0v) is 13.8. The highest BCUT2D eigenvalue weighted by Crippen LogP contribution is 2.24. The maximum atomic E-state index is 13.1. The molecule has 0 aliphatic heterocycles. The van der Waals surface area contributed by atoms with Crippen LogP contribution < -0.4 is 0 Å². The van der Waals surface area contributed by atoms with E-state index in [-0.39, 0.29) is 11.7 Å². The molecular weight excluding hydrogens is 359 g/mol. The van der Waals surface area contributed by atoms with E-state index in [1.54, 1.807) is 35.1 Å². The SMILES string of the molecule is Fc1ccc(Cc2ccnn2-c2cc(-c3nnc(C(F)F)o3)ccn2)cc1. The molecule has 0 aliphatic rings. The normalized spacial score (nSPS) is 11.3. The molecule has 27 heavy (non-hydrogen) atoms. The molecule has 0 bridgehead atoms. The second kappa shape index (κ2) is 7.02. The zero-order chi connectivity index (χ0) is 18.8. The van der Waals surface area contributed by atoms with Gasteiger partial charge in [0.25, 0.3) is 5.89 Å². The zero-order valence-electron chi connectivity index (χ0n) is 13.8. The summed E-state index contributed by atoms with van der Waals surface area (Å²) >= 11 is 0. The average Bonchev–Trinajstić information content (AvgIpc) is 3.33. The van der Waals surface area contributed by atoms with Gasteiger partial charge in [-0.15, -0.1) is 10.2 Å². The first-order chi connectivity index (χ1) is 13.1. The van der Waals surface area contributed by atoms with Gasteiger partial charge in [0.2, 0.25) is 5.89 Å². The first-order valence-corrected chi connectivity index (χ1v) is 7.96. The molecule has 0 radical (unpaired) electrons. The van der Waals surface area contributed by atoms with Crippen LogP contribution in [0.1, 0.15) is 23.6 Å². The molecule has 0 fully saturated rings. The third-order valence-electron chi connectivity index (χ3n) is 3.86. The van der Waals surface area contributed by atoms with Crippen molar-refractivity contribution < 1.29 is 17.6 Å². The van der Waals surface area contributed by atoms with Gasteiger partial charge in [-0.05, 0) is 35.9 Å². The first kappa shape index (κ1) is 17.0. The van der Waals surface area contributed by atoms with E-state index in [2.05, 4.69) is 20.3 Å². The number of hydrogen-bond acceptors (Lipinski definition) is 5. The number of halogens is 3. The molecule has 1 aromatic carbocycles. The van der Waals surface area contributed by atoms with E-state index in [0.717, 1.165) is 11.3 Å². The van der Waals surface area contributed by atoms with E-state index in [4.69, 9.17) is 4.42 Å². The van der Waals surface area contributed by atoms with Crippen molar-refractivity contribution >= 4 is 0 Å². The van der Waals surface area contributed by atoms with Crippen molar-refractivity contribution in [3.8, 4) is 17.3 Å². The summed E-state index contributed by atoms with van der Waals surface area (Å²) in [4.78, 5) is 4.27. The summed E-state index contributed by atoms with van der Waals surface area (Å²) < 4.78 is 44.9. The summed E-state index contributed by atoms with van der Waals surface area (Å²) in [7, 11) is 0. The monoisotopic (exact) mass is 371 g/mol. The van der Waals surface area contributed by atoms with Crippen LogP contribution in [0.25, 0.3) is 17.3 Å². The van der Waals surface area contributed by atoms with Crippen molar-refractivity contribution in [3.63, 3.8) is 0 Å². The fourth-order valence-corrected chi connectivity index (χ4v) is 2.59. The Kier molecular flexibility index (Phi) is 4.41. The molecule has 0 aliphatic carbocycles. The first-order valence-electron chi connectivity index (χ1n) is 7.96. The van der Waals surface area contributed by atoms with Gasteiger partial charge < -0.3 is 4.42 Å². The van der Waals surface area contributed by atoms with Crippen LogP contribution >= 0.6 is 0 Å². The summed E-state index contributed by atoms with van der Waals surface area (Å²) in [6.45, 7) is 0. The highest BCUT2D eigenvalue weighted by Gasteiger charge is 2.18.